The van der Waals surface area contributed by atoms with Crippen molar-refractivity contribution >= 4 is 17.5 Å². The predicted octanol–water partition coefficient (Wildman–Crippen LogP) is -1.74. The minimum atomic E-state index is -0.339. The highest BCUT2D eigenvalue weighted by atomic mass is 15.2. The summed E-state index contributed by atoms with van der Waals surface area (Å²) < 4.78 is 0. The highest BCUT2D eigenvalue weighted by molar-refractivity contribution is 6.13. The SMILES string of the molecule is N=C(N)c1n[nH]c(C(=N)N)c1C(=N)N. The fraction of sp³-hybridized carbons (Fsp3) is 0. The van der Waals surface area contributed by atoms with E-state index in [4.69, 9.17) is 33.4 Å². The molecule has 0 aliphatic rings. The summed E-state index contributed by atoms with van der Waals surface area (Å²) in [4.78, 5) is 0. The number of aromatic nitrogens is 2. The summed E-state index contributed by atoms with van der Waals surface area (Å²) in [7, 11) is 0. The van der Waals surface area contributed by atoms with Gasteiger partial charge in [0.1, 0.15) is 28.9 Å². The number of hydrogen-bond donors (Lipinski definition) is 7. The van der Waals surface area contributed by atoms with Gasteiger partial charge in [-0.3, -0.25) is 21.3 Å². The van der Waals surface area contributed by atoms with Crippen LogP contribution >= 0.6 is 0 Å². The third kappa shape index (κ3) is 1.40. The van der Waals surface area contributed by atoms with E-state index < -0.39 is 0 Å². The molecule has 0 saturated heterocycles. The summed E-state index contributed by atoms with van der Waals surface area (Å²) in [6.45, 7) is 0. The summed E-state index contributed by atoms with van der Waals surface area (Å²) in [6, 6.07) is 0. The van der Waals surface area contributed by atoms with Crippen LogP contribution in [-0.4, -0.2) is 27.7 Å². The van der Waals surface area contributed by atoms with Crippen molar-refractivity contribution in [1.29, 1.82) is 16.2 Å². The molecule has 8 heteroatoms. The summed E-state index contributed by atoms with van der Waals surface area (Å²) in [6.07, 6.45) is 0. The van der Waals surface area contributed by atoms with E-state index in [2.05, 4.69) is 10.2 Å². The smallest absolute Gasteiger partial charge is 0.144 e. The van der Waals surface area contributed by atoms with Gasteiger partial charge in [-0.1, -0.05) is 0 Å². The van der Waals surface area contributed by atoms with E-state index >= 15 is 0 Å². The van der Waals surface area contributed by atoms with Crippen LogP contribution in [0.4, 0.5) is 0 Å². The molecule has 0 unspecified atom stereocenters. The molecule has 1 rings (SSSR count). The molecular formula is C6H10N8. The first-order valence-corrected chi connectivity index (χ1v) is 3.56. The van der Waals surface area contributed by atoms with Gasteiger partial charge in [0.15, 0.2) is 0 Å². The van der Waals surface area contributed by atoms with E-state index in [0.717, 1.165) is 0 Å². The van der Waals surface area contributed by atoms with Crippen LogP contribution in [0, 0.1) is 16.2 Å². The van der Waals surface area contributed by atoms with E-state index in [9.17, 15) is 0 Å². The van der Waals surface area contributed by atoms with Crippen LogP contribution in [0.25, 0.3) is 0 Å². The number of nitrogens with one attached hydrogen (secondary N) is 4. The lowest BCUT2D eigenvalue weighted by Gasteiger charge is -2.00. The zero-order valence-electron chi connectivity index (χ0n) is 7.18. The molecule has 74 valence electrons. The molecule has 1 aromatic heterocycles. The number of amidine groups is 3. The quantitative estimate of drug-likeness (QED) is 0.223. The average molecular weight is 194 g/mol. The van der Waals surface area contributed by atoms with Crippen LogP contribution in [0.2, 0.25) is 0 Å². The lowest BCUT2D eigenvalue weighted by atomic mass is 10.1. The monoisotopic (exact) mass is 194 g/mol. The second kappa shape index (κ2) is 3.17. The minimum absolute atomic E-state index is 0.0303. The molecule has 0 amide bonds. The van der Waals surface area contributed by atoms with Crippen molar-refractivity contribution < 1.29 is 0 Å². The Hall–Kier alpha value is -2.38. The molecule has 1 heterocycles. The maximum atomic E-state index is 7.23. The Balaban J connectivity index is 3.42. The van der Waals surface area contributed by atoms with Crippen molar-refractivity contribution in [3.63, 3.8) is 0 Å². The summed E-state index contributed by atoms with van der Waals surface area (Å²) in [5.41, 5.74) is 15.9. The molecule has 0 atom stereocenters. The molecule has 0 aliphatic carbocycles. The lowest BCUT2D eigenvalue weighted by Crippen LogP contribution is -2.23. The van der Waals surface area contributed by atoms with Crippen molar-refractivity contribution in [3.8, 4) is 0 Å². The molecule has 0 aliphatic heterocycles. The van der Waals surface area contributed by atoms with Crippen LogP contribution in [-0.2, 0) is 0 Å². The fourth-order valence-electron chi connectivity index (χ4n) is 0.994. The molecule has 1 aromatic rings. The van der Waals surface area contributed by atoms with Gasteiger partial charge >= 0.3 is 0 Å². The topological polar surface area (TPSA) is 178 Å². The van der Waals surface area contributed by atoms with Crippen LogP contribution in [0.3, 0.4) is 0 Å². The normalized spacial score (nSPS) is 9.71. The molecule has 14 heavy (non-hydrogen) atoms. The van der Waals surface area contributed by atoms with Gasteiger partial charge in [0.05, 0.1) is 5.56 Å². The fourth-order valence-corrected chi connectivity index (χ4v) is 0.994. The Bertz CT molecular complexity index is 382. The van der Waals surface area contributed by atoms with E-state index in [0.29, 0.717) is 0 Å². The summed E-state index contributed by atoms with van der Waals surface area (Å²) in [5, 5.41) is 27.6. The largest absolute Gasteiger partial charge is 0.384 e. The molecular weight excluding hydrogens is 184 g/mol. The Morgan fingerprint density at radius 2 is 1.57 bits per heavy atom. The minimum Gasteiger partial charge on any atom is -0.384 e. The second-order valence-corrected chi connectivity index (χ2v) is 2.56. The van der Waals surface area contributed by atoms with Gasteiger partial charge in [0, 0.05) is 0 Å². The van der Waals surface area contributed by atoms with E-state index in [1.165, 1.54) is 0 Å². The van der Waals surface area contributed by atoms with Crippen LogP contribution in [0.5, 0.6) is 0 Å². The molecule has 0 spiro atoms. The lowest BCUT2D eigenvalue weighted by molar-refractivity contribution is 1.06. The first kappa shape index (κ1) is 9.71. The molecule has 0 fully saturated rings. The van der Waals surface area contributed by atoms with Gasteiger partial charge in [-0.15, -0.1) is 0 Å². The zero-order chi connectivity index (χ0) is 10.9. The van der Waals surface area contributed by atoms with Gasteiger partial charge in [0.25, 0.3) is 0 Å². The van der Waals surface area contributed by atoms with Crippen molar-refractivity contribution in [1.82, 2.24) is 10.2 Å². The van der Waals surface area contributed by atoms with Gasteiger partial charge in [-0.05, 0) is 0 Å². The van der Waals surface area contributed by atoms with Crippen molar-refractivity contribution in [3.05, 3.63) is 17.0 Å². The first-order valence-electron chi connectivity index (χ1n) is 3.56. The predicted molar refractivity (Wildman–Crippen MR) is 51.6 cm³/mol. The van der Waals surface area contributed by atoms with E-state index in [1.807, 2.05) is 0 Å². The number of hydrogen-bond acceptors (Lipinski definition) is 4. The van der Waals surface area contributed by atoms with Gasteiger partial charge in [0.2, 0.25) is 0 Å². The van der Waals surface area contributed by atoms with Crippen molar-refractivity contribution in [2.45, 2.75) is 0 Å². The molecule has 10 N–H and O–H groups in total. The summed E-state index contributed by atoms with van der Waals surface area (Å²) in [5.74, 6) is -0.983. The molecule has 0 radical (unpaired) electrons. The Kier molecular flexibility index (Phi) is 2.19. The zero-order valence-corrected chi connectivity index (χ0v) is 7.18. The van der Waals surface area contributed by atoms with Crippen LogP contribution in [0.15, 0.2) is 0 Å². The van der Waals surface area contributed by atoms with Gasteiger partial charge in [-0.2, -0.15) is 5.10 Å². The van der Waals surface area contributed by atoms with Crippen LogP contribution < -0.4 is 17.2 Å². The summed E-state index contributed by atoms with van der Waals surface area (Å²) >= 11 is 0. The Morgan fingerprint density at radius 3 is 1.93 bits per heavy atom. The number of nitrogens with zero attached hydrogens (tertiary/aromatic N) is 1. The number of nitrogen functional groups attached to an aromatic ring is 3. The number of nitrogens with two attached hydrogens (primary N) is 3. The highest BCUT2D eigenvalue weighted by Crippen LogP contribution is 2.09. The van der Waals surface area contributed by atoms with E-state index in [1.54, 1.807) is 0 Å². The number of rotatable bonds is 3. The molecule has 8 nitrogen and oxygen atoms in total. The third-order valence-corrected chi connectivity index (χ3v) is 1.56. The van der Waals surface area contributed by atoms with Gasteiger partial charge < -0.3 is 17.2 Å². The highest BCUT2D eigenvalue weighted by Gasteiger charge is 2.19. The Morgan fingerprint density at radius 1 is 1.00 bits per heavy atom. The Labute approximate surface area is 79.0 Å². The average Bonchev–Trinajstić information content (AvgIpc) is 2.46. The molecule has 0 aromatic carbocycles. The van der Waals surface area contributed by atoms with Crippen molar-refractivity contribution in [2.24, 2.45) is 17.2 Å². The number of aromatic amines is 1. The maximum Gasteiger partial charge on any atom is 0.144 e. The number of H-pyrrole nitrogens is 1. The van der Waals surface area contributed by atoms with Crippen LogP contribution in [0.1, 0.15) is 17.0 Å². The molecule has 0 bridgehead atoms. The van der Waals surface area contributed by atoms with E-state index in [-0.39, 0.29) is 34.5 Å². The third-order valence-electron chi connectivity index (χ3n) is 1.56. The second-order valence-electron chi connectivity index (χ2n) is 2.56. The molecule has 0 saturated carbocycles. The van der Waals surface area contributed by atoms with Gasteiger partial charge in [-0.25, -0.2) is 0 Å². The maximum absolute atomic E-state index is 7.23. The first-order chi connectivity index (χ1) is 6.45. The standard InChI is InChI=1S/C6H10N8/c7-4(8)1-2(5(9)10)13-14-3(1)6(11)12/h(H3,7,8)(H3,9,10)(H3,11,12)(H,13,14). The van der Waals surface area contributed by atoms with Crippen molar-refractivity contribution in [2.75, 3.05) is 0 Å².